The van der Waals surface area contributed by atoms with E-state index in [9.17, 15) is 8.42 Å². The first-order chi connectivity index (χ1) is 9.45. The van der Waals surface area contributed by atoms with Crippen LogP contribution in [0.1, 0.15) is 19.8 Å². The van der Waals surface area contributed by atoms with Crippen LogP contribution in [0.3, 0.4) is 0 Å². The van der Waals surface area contributed by atoms with Gasteiger partial charge in [0.05, 0.1) is 4.90 Å². The standard InChI is InChI=1S/C14H21N3O2S/c1-11-10-16(12-3-4-12)7-8-17(11)14-6-5-13(9-15-14)20(2,18)19/h5-6,9,11-12H,3-4,7-8,10H2,1-2H3. The van der Waals surface area contributed by atoms with Crippen molar-refractivity contribution in [3.8, 4) is 0 Å². The van der Waals surface area contributed by atoms with E-state index in [4.69, 9.17) is 0 Å². The average molecular weight is 295 g/mol. The topological polar surface area (TPSA) is 53.5 Å². The highest BCUT2D eigenvalue weighted by Crippen LogP contribution is 2.30. The van der Waals surface area contributed by atoms with Gasteiger partial charge in [-0.2, -0.15) is 0 Å². The Kier molecular flexibility index (Phi) is 3.46. The summed E-state index contributed by atoms with van der Waals surface area (Å²) in [6.45, 7) is 5.31. The van der Waals surface area contributed by atoms with Gasteiger partial charge in [-0.05, 0) is 31.9 Å². The van der Waals surface area contributed by atoms with Gasteiger partial charge in [0.1, 0.15) is 5.82 Å². The Morgan fingerprint density at radius 1 is 1.25 bits per heavy atom. The number of hydrogen-bond donors (Lipinski definition) is 0. The number of aromatic nitrogens is 1. The minimum atomic E-state index is -3.16. The van der Waals surface area contributed by atoms with Crippen LogP contribution in [0.4, 0.5) is 5.82 Å². The summed E-state index contributed by atoms with van der Waals surface area (Å²) in [6, 6.07) is 4.69. The Bertz CT molecular complexity index is 581. The molecule has 110 valence electrons. The summed E-state index contributed by atoms with van der Waals surface area (Å²) in [5.41, 5.74) is 0. The molecule has 1 aliphatic heterocycles. The summed E-state index contributed by atoms with van der Waals surface area (Å²) in [5.74, 6) is 0.875. The molecule has 1 unspecified atom stereocenters. The third kappa shape index (κ3) is 2.81. The van der Waals surface area contributed by atoms with E-state index in [0.717, 1.165) is 31.5 Å². The lowest BCUT2D eigenvalue weighted by molar-refractivity contribution is 0.219. The predicted octanol–water partition coefficient (Wildman–Crippen LogP) is 1.16. The Morgan fingerprint density at radius 3 is 2.50 bits per heavy atom. The molecule has 2 aliphatic rings. The lowest BCUT2D eigenvalue weighted by Gasteiger charge is -2.40. The van der Waals surface area contributed by atoms with E-state index in [-0.39, 0.29) is 4.90 Å². The number of nitrogens with zero attached hydrogens (tertiary/aromatic N) is 3. The molecule has 2 fully saturated rings. The van der Waals surface area contributed by atoms with Crippen molar-refractivity contribution in [3.63, 3.8) is 0 Å². The zero-order valence-electron chi connectivity index (χ0n) is 12.0. The van der Waals surface area contributed by atoms with Gasteiger partial charge in [-0.15, -0.1) is 0 Å². The molecule has 6 heteroatoms. The van der Waals surface area contributed by atoms with Crippen molar-refractivity contribution >= 4 is 15.7 Å². The normalized spacial score (nSPS) is 24.9. The second-order valence-corrected chi connectivity index (χ2v) is 7.91. The van der Waals surface area contributed by atoms with Crippen LogP contribution in [0.2, 0.25) is 0 Å². The fourth-order valence-corrected chi connectivity index (χ4v) is 3.42. The fourth-order valence-electron chi connectivity index (χ4n) is 2.86. The largest absolute Gasteiger partial charge is 0.351 e. The maximum absolute atomic E-state index is 11.4. The molecule has 1 aromatic heterocycles. The zero-order valence-corrected chi connectivity index (χ0v) is 12.8. The SMILES string of the molecule is CC1CN(C2CC2)CCN1c1ccc(S(C)(=O)=O)cn1. The molecule has 1 atom stereocenters. The lowest BCUT2D eigenvalue weighted by atomic mass is 10.2. The number of anilines is 1. The molecule has 3 rings (SSSR count). The van der Waals surface area contributed by atoms with Crippen molar-refractivity contribution in [2.24, 2.45) is 0 Å². The van der Waals surface area contributed by atoms with Crippen molar-refractivity contribution in [1.82, 2.24) is 9.88 Å². The molecule has 2 heterocycles. The van der Waals surface area contributed by atoms with Crippen LogP contribution in [0, 0.1) is 0 Å². The molecule has 1 aliphatic carbocycles. The van der Waals surface area contributed by atoms with Gasteiger partial charge in [0, 0.05) is 44.2 Å². The molecular weight excluding hydrogens is 274 g/mol. The average Bonchev–Trinajstić information content (AvgIpc) is 3.22. The molecule has 1 saturated carbocycles. The Labute approximate surface area is 120 Å². The van der Waals surface area contributed by atoms with Gasteiger partial charge in [0.15, 0.2) is 9.84 Å². The van der Waals surface area contributed by atoms with Gasteiger partial charge in [-0.25, -0.2) is 13.4 Å². The summed E-state index contributed by atoms with van der Waals surface area (Å²) < 4.78 is 22.9. The van der Waals surface area contributed by atoms with Crippen molar-refractivity contribution in [2.45, 2.75) is 36.7 Å². The lowest BCUT2D eigenvalue weighted by Crippen LogP contribution is -2.52. The van der Waals surface area contributed by atoms with E-state index >= 15 is 0 Å². The monoisotopic (exact) mass is 295 g/mol. The fraction of sp³-hybridized carbons (Fsp3) is 0.643. The highest BCUT2D eigenvalue weighted by molar-refractivity contribution is 7.90. The van der Waals surface area contributed by atoms with Crippen LogP contribution in [-0.4, -0.2) is 56.3 Å². The van der Waals surface area contributed by atoms with Gasteiger partial charge >= 0.3 is 0 Å². The smallest absolute Gasteiger partial charge is 0.177 e. The van der Waals surface area contributed by atoms with Crippen LogP contribution < -0.4 is 4.90 Å². The molecule has 0 bridgehead atoms. The van der Waals surface area contributed by atoms with E-state index < -0.39 is 9.84 Å². The maximum atomic E-state index is 11.4. The third-order valence-corrected chi connectivity index (χ3v) is 5.26. The molecule has 0 spiro atoms. The van der Waals surface area contributed by atoms with E-state index in [1.807, 2.05) is 6.07 Å². The summed E-state index contributed by atoms with van der Waals surface area (Å²) in [4.78, 5) is 9.45. The van der Waals surface area contributed by atoms with Crippen LogP contribution in [0.25, 0.3) is 0 Å². The predicted molar refractivity (Wildman–Crippen MR) is 78.7 cm³/mol. The highest BCUT2D eigenvalue weighted by atomic mass is 32.2. The summed E-state index contributed by atoms with van der Waals surface area (Å²) >= 11 is 0. The van der Waals surface area contributed by atoms with Gasteiger partial charge in [0.2, 0.25) is 0 Å². The third-order valence-electron chi connectivity index (χ3n) is 4.17. The molecule has 1 saturated heterocycles. The van der Waals surface area contributed by atoms with Crippen LogP contribution in [-0.2, 0) is 9.84 Å². The second kappa shape index (κ2) is 5.00. The minimum Gasteiger partial charge on any atom is -0.351 e. The number of hydrogen-bond acceptors (Lipinski definition) is 5. The first-order valence-corrected chi connectivity index (χ1v) is 9.01. The molecular formula is C14H21N3O2S. The van der Waals surface area contributed by atoms with Gasteiger partial charge in [-0.1, -0.05) is 0 Å². The van der Waals surface area contributed by atoms with Crippen molar-refractivity contribution in [1.29, 1.82) is 0 Å². The van der Waals surface area contributed by atoms with Gasteiger partial charge in [0.25, 0.3) is 0 Å². The highest BCUT2D eigenvalue weighted by Gasteiger charge is 2.34. The van der Waals surface area contributed by atoms with E-state index in [2.05, 4.69) is 21.7 Å². The van der Waals surface area contributed by atoms with Crippen LogP contribution in [0.5, 0.6) is 0 Å². The van der Waals surface area contributed by atoms with Gasteiger partial charge in [-0.3, -0.25) is 4.90 Å². The Balaban J connectivity index is 1.73. The van der Waals surface area contributed by atoms with E-state index in [1.54, 1.807) is 6.07 Å². The Hall–Kier alpha value is -1.14. The zero-order chi connectivity index (χ0) is 14.3. The van der Waals surface area contributed by atoms with Gasteiger partial charge < -0.3 is 4.90 Å². The first-order valence-electron chi connectivity index (χ1n) is 7.12. The summed E-state index contributed by atoms with van der Waals surface area (Å²) in [5, 5.41) is 0. The summed E-state index contributed by atoms with van der Waals surface area (Å²) in [6.07, 6.45) is 5.35. The molecule has 0 amide bonds. The molecule has 20 heavy (non-hydrogen) atoms. The van der Waals surface area contributed by atoms with Crippen molar-refractivity contribution in [2.75, 3.05) is 30.8 Å². The second-order valence-electron chi connectivity index (χ2n) is 5.89. The number of sulfone groups is 1. The van der Waals surface area contributed by atoms with Crippen LogP contribution >= 0.6 is 0 Å². The number of piperazine rings is 1. The molecule has 0 radical (unpaired) electrons. The first kappa shape index (κ1) is 13.8. The van der Waals surface area contributed by atoms with Crippen LogP contribution in [0.15, 0.2) is 23.2 Å². The maximum Gasteiger partial charge on any atom is 0.177 e. The molecule has 0 N–H and O–H groups in total. The van der Waals surface area contributed by atoms with Crippen molar-refractivity contribution in [3.05, 3.63) is 18.3 Å². The quantitative estimate of drug-likeness (QED) is 0.837. The molecule has 1 aromatic rings. The minimum absolute atomic E-state index is 0.283. The van der Waals surface area contributed by atoms with Crippen molar-refractivity contribution < 1.29 is 8.42 Å². The van der Waals surface area contributed by atoms with E-state index in [0.29, 0.717) is 6.04 Å². The summed E-state index contributed by atoms with van der Waals surface area (Å²) in [7, 11) is -3.16. The van der Waals surface area contributed by atoms with E-state index in [1.165, 1.54) is 25.3 Å². The number of rotatable bonds is 3. The molecule has 0 aromatic carbocycles. The molecule has 5 nitrogen and oxygen atoms in total. The number of pyridine rings is 1. The Morgan fingerprint density at radius 2 is 2.00 bits per heavy atom.